The van der Waals surface area contributed by atoms with Gasteiger partial charge in [0.25, 0.3) is 5.56 Å². The van der Waals surface area contributed by atoms with E-state index >= 15 is 0 Å². The van der Waals surface area contributed by atoms with Crippen LogP contribution in [0.5, 0.6) is 11.5 Å². The molecule has 6 nitrogen and oxygen atoms in total. The third-order valence-corrected chi connectivity index (χ3v) is 8.07. The van der Waals surface area contributed by atoms with E-state index in [1.165, 1.54) is 4.68 Å². The van der Waals surface area contributed by atoms with Crippen molar-refractivity contribution >= 4 is 76.5 Å². The number of benzene rings is 3. The van der Waals surface area contributed by atoms with Gasteiger partial charge in [0, 0.05) is 25.1 Å². The van der Waals surface area contributed by atoms with Crippen LogP contribution in [-0.4, -0.2) is 22.5 Å². The molecule has 4 rings (SSSR count). The summed E-state index contributed by atoms with van der Waals surface area (Å²) in [5.74, 6) is 1.53. The summed E-state index contributed by atoms with van der Waals surface area (Å²) in [5.41, 5.74) is 1.90. The van der Waals surface area contributed by atoms with Crippen molar-refractivity contribution in [1.82, 2.24) is 9.66 Å². The molecule has 0 spiro atoms. The monoisotopic (exact) mass is 681 g/mol. The van der Waals surface area contributed by atoms with Crippen molar-refractivity contribution < 1.29 is 9.47 Å². The van der Waals surface area contributed by atoms with Gasteiger partial charge in [0.2, 0.25) is 0 Å². The third-order valence-electron chi connectivity index (χ3n) is 5.07. The van der Waals surface area contributed by atoms with Crippen LogP contribution in [0.1, 0.15) is 23.9 Å². The largest absolute Gasteiger partial charge is 0.490 e. The van der Waals surface area contributed by atoms with E-state index in [0.717, 1.165) is 10.0 Å². The molecule has 35 heavy (non-hydrogen) atoms. The van der Waals surface area contributed by atoms with E-state index in [0.29, 0.717) is 54.4 Å². The average molecular weight is 685 g/mol. The highest BCUT2D eigenvalue weighted by atomic mass is 79.9. The number of halogens is 4. The van der Waals surface area contributed by atoms with Gasteiger partial charge in [-0.2, -0.15) is 9.78 Å². The van der Waals surface area contributed by atoms with Gasteiger partial charge < -0.3 is 9.47 Å². The maximum absolute atomic E-state index is 13.1. The quantitative estimate of drug-likeness (QED) is 0.189. The molecule has 0 radical (unpaired) electrons. The van der Waals surface area contributed by atoms with E-state index in [-0.39, 0.29) is 12.2 Å². The minimum absolute atomic E-state index is 0.259. The van der Waals surface area contributed by atoms with Crippen LogP contribution in [0.25, 0.3) is 10.9 Å². The Morgan fingerprint density at radius 2 is 1.86 bits per heavy atom. The van der Waals surface area contributed by atoms with E-state index in [9.17, 15) is 4.79 Å². The second-order valence-corrected chi connectivity index (χ2v) is 10.3. The first kappa shape index (κ1) is 25.9. The Hall–Kier alpha value is -2.20. The normalized spacial score (nSPS) is 11.4. The second kappa shape index (κ2) is 11.2. The Balaban J connectivity index is 1.72. The zero-order valence-electron chi connectivity index (χ0n) is 18.7. The van der Waals surface area contributed by atoms with Crippen molar-refractivity contribution in [2.45, 2.75) is 20.5 Å². The lowest BCUT2D eigenvalue weighted by Crippen LogP contribution is -2.20. The Kier molecular flexibility index (Phi) is 8.31. The fraction of sp³-hybridized carbons (Fsp3) is 0.160. The van der Waals surface area contributed by atoms with Gasteiger partial charge in [-0.05, 0) is 76.0 Å². The highest BCUT2D eigenvalue weighted by Crippen LogP contribution is 2.43. The Morgan fingerprint density at radius 3 is 2.60 bits per heavy atom. The smallest absolute Gasteiger partial charge is 0.282 e. The van der Waals surface area contributed by atoms with E-state index in [1.54, 1.807) is 31.3 Å². The molecule has 0 saturated carbocycles. The number of hydrogen-bond acceptors (Lipinski definition) is 5. The molecule has 1 aromatic heterocycles. The summed E-state index contributed by atoms with van der Waals surface area (Å²) in [4.78, 5) is 17.6. The maximum atomic E-state index is 13.1. The summed E-state index contributed by atoms with van der Waals surface area (Å²) in [6.07, 6.45) is 1.58. The predicted octanol–water partition coefficient (Wildman–Crippen LogP) is 7.51. The lowest BCUT2D eigenvalue weighted by atomic mass is 10.2. The molecule has 0 N–H and O–H groups in total. The van der Waals surface area contributed by atoms with Crippen molar-refractivity contribution in [3.63, 3.8) is 0 Å². The Labute approximate surface area is 232 Å². The minimum atomic E-state index is -0.259. The zero-order valence-corrected chi connectivity index (χ0v) is 24.2. The van der Waals surface area contributed by atoms with Crippen LogP contribution in [0.15, 0.2) is 71.8 Å². The van der Waals surface area contributed by atoms with Gasteiger partial charge in [-0.3, -0.25) is 4.79 Å². The number of aromatic nitrogens is 2. The van der Waals surface area contributed by atoms with Gasteiger partial charge in [-0.1, -0.05) is 45.7 Å². The molecule has 0 atom stereocenters. The molecule has 1 heterocycles. The number of nitrogens with zero attached hydrogens (tertiary/aromatic N) is 3. The molecule has 180 valence electrons. The fourth-order valence-corrected chi connectivity index (χ4v) is 4.86. The van der Waals surface area contributed by atoms with Crippen LogP contribution in [0.2, 0.25) is 5.02 Å². The zero-order chi connectivity index (χ0) is 25.1. The molecule has 0 aliphatic rings. The SMILES string of the molecule is CCOc1cc(C=Nn2c(C)nc3ccc(Br)cc3c2=O)c(Br)c(Br)c1OCc1ccccc1Cl. The summed E-state index contributed by atoms with van der Waals surface area (Å²) in [6, 6.07) is 14.7. The van der Waals surface area contributed by atoms with E-state index in [1.807, 2.05) is 37.3 Å². The summed E-state index contributed by atoms with van der Waals surface area (Å²) in [5, 5.41) is 5.53. The molecule has 10 heteroatoms. The van der Waals surface area contributed by atoms with Gasteiger partial charge in [-0.25, -0.2) is 4.98 Å². The number of fused-ring (bicyclic) bond motifs is 1. The predicted molar refractivity (Wildman–Crippen MR) is 150 cm³/mol. The van der Waals surface area contributed by atoms with E-state index in [2.05, 4.69) is 57.9 Å². The van der Waals surface area contributed by atoms with Crippen LogP contribution in [0.4, 0.5) is 0 Å². The third kappa shape index (κ3) is 5.63. The van der Waals surface area contributed by atoms with Gasteiger partial charge >= 0.3 is 0 Å². The van der Waals surface area contributed by atoms with Crippen molar-refractivity contribution in [3.05, 3.63) is 94.3 Å². The molecule has 0 aliphatic heterocycles. The molecule has 0 amide bonds. The fourth-order valence-electron chi connectivity index (χ4n) is 3.38. The highest BCUT2D eigenvalue weighted by molar-refractivity contribution is 9.13. The molecule has 4 aromatic rings. The number of aryl methyl sites for hydroxylation is 1. The van der Waals surface area contributed by atoms with Crippen LogP contribution in [-0.2, 0) is 6.61 Å². The van der Waals surface area contributed by atoms with Crippen molar-refractivity contribution in [1.29, 1.82) is 0 Å². The van der Waals surface area contributed by atoms with Gasteiger partial charge in [0.1, 0.15) is 12.4 Å². The van der Waals surface area contributed by atoms with Crippen LogP contribution < -0.4 is 15.0 Å². The number of rotatable bonds is 7. The van der Waals surface area contributed by atoms with Crippen LogP contribution in [0, 0.1) is 6.92 Å². The van der Waals surface area contributed by atoms with Crippen LogP contribution >= 0.6 is 59.4 Å². The Bertz CT molecular complexity index is 1510. The van der Waals surface area contributed by atoms with Crippen molar-refractivity contribution in [3.8, 4) is 11.5 Å². The lowest BCUT2D eigenvalue weighted by molar-refractivity contribution is 0.267. The van der Waals surface area contributed by atoms with Gasteiger partial charge in [0.15, 0.2) is 11.5 Å². The minimum Gasteiger partial charge on any atom is -0.490 e. The molecule has 0 bridgehead atoms. The molecule has 0 fully saturated rings. The van der Waals surface area contributed by atoms with Crippen molar-refractivity contribution in [2.75, 3.05) is 6.61 Å². The molecular weight excluding hydrogens is 665 g/mol. The number of ether oxygens (including phenoxy) is 2. The summed E-state index contributed by atoms with van der Waals surface area (Å²) >= 11 is 16.9. The highest BCUT2D eigenvalue weighted by Gasteiger charge is 2.18. The topological polar surface area (TPSA) is 65.7 Å². The second-order valence-electron chi connectivity index (χ2n) is 7.42. The number of hydrogen-bond donors (Lipinski definition) is 0. The maximum Gasteiger partial charge on any atom is 0.282 e. The van der Waals surface area contributed by atoms with Crippen LogP contribution in [0.3, 0.4) is 0 Å². The first-order chi connectivity index (χ1) is 16.8. The lowest BCUT2D eigenvalue weighted by Gasteiger charge is -2.17. The summed E-state index contributed by atoms with van der Waals surface area (Å²) in [6.45, 7) is 4.34. The molecule has 0 saturated heterocycles. The molecule has 0 aliphatic carbocycles. The Morgan fingerprint density at radius 1 is 1.09 bits per heavy atom. The average Bonchev–Trinajstić information content (AvgIpc) is 2.83. The first-order valence-electron chi connectivity index (χ1n) is 10.5. The standard InChI is InChI=1S/C25H19Br3ClN3O3/c1-3-34-21-10-16(22(27)23(28)24(21)35-13-15-6-4-5-7-19(15)29)12-30-32-14(2)31-20-9-8-17(26)11-18(20)25(32)33/h4-12H,3,13H2,1-2H3. The van der Waals surface area contributed by atoms with Crippen molar-refractivity contribution in [2.24, 2.45) is 5.10 Å². The van der Waals surface area contributed by atoms with Gasteiger partial charge in [0.05, 0.1) is 28.2 Å². The summed E-state index contributed by atoms with van der Waals surface area (Å²) < 4.78 is 15.3. The van der Waals surface area contributed by atoms with Gasteiger partial charge in [-0.15, -0.1) is 0 Å². The van der Waals surface area contributed by atoms with E-state index < -0.39 is 0 Å². The first-order valence-corrected chi connectivity index (χ1v) is 13.3. The molecular formula is C25H19Br3ClN3O3. The molecule has 0 unspecified atom stereocenters. The molecule has 3 aromatic carbocycles. The van der Waals surface area contributed by atoms with E-state index in [4.69, 9.17) is 21.1 Å². The summed E-state index contributed by atoms with van der Waals surface area (Å²) in [7, 11) is 0.